The van der Waals surface area contributed by atoms with Crippen molar-refractivity contribution in [3.05, 3.63) is 17.7 Å². The molecule has 0 radical (unpaired) electrons. The Kier molecular flexibility index (Phi) is 4.18. The molecule has 9 heteroatoms. The summed E-state index contributed by atoms with van der Waals surface area (Å²) >= 11 is 0. The van der Waals surface area contributed by atoms with Crippen LogP contribution < -0.4 is 19.3 Å². The molecule has 0 aromatic heterocycles. The monoisotopic (exact) mass is 356 g/mol. The molecule has 8 nitrogen and oxygen atoms in total. The predicted octanol–water partition coefficient (Wildman–Crippen LogP) is 0.707. The van der Waals surface area contributed by atoms with E-state index in [1.54, 1.807) is 12.1 Å². The van der Waals surface area contributed by atoms with Crippen LogP contribution >= 0.6 is 0 Å². The standard InChI is InChI=1S/C15H20N2O6S/c1-21-12-4-3-10-11(18)9-15(23-13(10)14(12)22-2)5-7-17(8-6-15)24(16,19)20/h3-4H,5-9H2,1-2H3,(H2,16,19,20). The van der Waals surface area contributed by atoms with Crippen LogP contribution in [0.3, 0.4) is 0 Å². The zero-order valence-electron chi connectivity index (χ0n) is 13.6. The first-order valence-electron chi connectivity index (χ1n) is 7.55. The van der Waals surface area contributed by atoms with Crippen LogP contribution in [0.25, 0.3) is 0 Å². The Balaban J connectivity index is 1.93. The summed E-state index contributed by atoms with van der Waals surface area (Å²) in [4.78, 5) is 12.6. The van der Waals surface area contributed by atoms with Gasteiger partial charge in [-0.25, -0.2) is 5.14 Å². The van der Waals surface area contributed by atoms with Crippen molar-refractivity contribution in [1.29, 1.82) is 0 Å². The van der Waals surface area contributed by atoms with E-state index in [0.29, 0.717) is 35.7 Å². The lowest BCUT2D eigenvalue weighted by molar-refractivity contribution is 0.00378. The highest BCUT2D eigenvalue weighted by Gasteiger charge is 2.45. The van der Waals surface area contributed by atoms with Crippen LogP contribution in [0.4, 0.5) is 0 Å². The number of ether oxygens (including phenoxy) is 3. The molecule has 2 aliphatic rings. The Hall–Kier alpha value is -1.84. The summed E-state index contributed by atoms with van der Waals surface area (Å²) in [5.41, 5.74) is -0.294. The zero-order valence-corrected chi connectivity index (χ0v) is 14.4. The van der Waals surface area contributed by atoms with Crippen molar-refractivity contribution in [3.8, 4) is 17.2 Å². The van der Waals surface area contributed by atoms with E-state index in [2.05, 4.69) is 0 Å². The molecular formula is C15H20N2O6S. The van der Waals surface area contributed by atoms with Gasteiger partial charge in [0.1, 0.15) is 5.60 Å². The van der Waals surface area contributed by atoms with Gasteiger partial charge in [0.15, 0.2) is 17.3 Å². The molecule has 0 unspecified atom stereocenters. The van der Waals surface area contributed by atoms with Gasteiger partial charge in [0.2, 0.25) is 5.75 Å². The third-order valence-electron chi connectivity index (χ3n) is 4.60. The van der Waals surface area contributed by atoms with Gasteiger partial charge < -0.3 is 14.2 Å². The Labute approximate surface area is 140 Å². The number of nitrogens with zero attached hydrogens (tertiary/aromatic N) is 1. The van der Waals surface area contributed by atoms with Crippen molar-refractivity contribution in [2.24, 2.45) is 5.14 Å². The molecule has 2 N–H and O–H groups in total. The second kappa shape index (κ2) is 5.91. The summed E-state index contributed by atoms with van der Waals surface area (Å²) in [7, 11) is -0.738. The Morgan fingerprint density at radius 1 is 1.21 bits per heavy atom. The number of benzene rings is 1. The maximum atomic E-state index is 12.6. The topological polar surface area (TPSA) is 108 Å². The molecular weight excluding hydrogens is 336 g/mol. The van der Waals surface area contributed by atoms with Crippen molar-refractivity contribution in [2.45, 2.75) is 24.9 Å². The zero-order chi connectivity index (χ0) is 17.5. The number of carbonyl (C=O) groups excluding carboxylic acids is 1. The number of hydrogen-bond acceptors (Lipinski definition) is 6. The highest BCUT2D eigenvalue weighted by atomic mass is 32.2. The van der Waals surface area contributed by atoms with Gasteiger partial charge in [0.05, 0.1) is 26.2 Å². The summed E-state index contributed by atoms with van der Waals surface area (Å²) in [6.07, 6.45) is 0.970. The van der Waals surface area contributed by atoms with E-state index in [-0.39, 0.29) is 25.3 Å². The summed E-state index contributed by atoms with van der Waals surface area (Å²) in [6, 6.07) is 3.33. The SMILES string of the molecule is COc1ccc2c(c1OC)OC1(CCN(S(N)(=O)=O)CC1)CC2=O. The molecule has 0 amide bonds. The van der Waals surface area contributed by atoms with Crippen LogP contribution in [0.1, 0.15) is 29.6 Å². The molecule has 0 aliphatic carbocycles. The van der Waals surface area contributed by atoms with Crippen molar-refractivity contribution >= 4 is 16.0 Å². The lowest BCUT2D eigenvalue weighted by Crippen LogP contribution is -2.53. The van der Waals surface area contributed by atoms with Gasteiger partial charge in [-0.2, -0.15) is 12.7 Å². The van der Waals surface area contributed by atoms with Crippen LogP contribution in [0.2, 0.25) is 0 Å². The number of fused-ring (bicyclic) bond motifs is 1. The van der Waals surface area contributed by atoms with Crippen molar-refractivity contribution in [3.63, 3.8) is 0 Å². The number of hydrogen-bond donors (Lipinski definition) is 1. The largest absolute Gasteiger partial charge is 0.493 e. The van der Waals surface area contributed by atoms with E-state index < -0.39 is 15.8 Å². The predicted molar refractivity (Wildman–Crippen MR) is 85.8 cm³/mol. The fourth-order valence-corrected chi connectivity index (χ4v) is 3.98. The summed E-state index contributed by atoms with van der Waals surface area (Å²) in [5.74, 6) is 1.15. The fraction of sp³-hybridized carbons (Fsp3) is 0.533. The molecule has 1 aromatic rings. The van der Waals surface area contributed by atoms with Gasteiger partial charge in [-0.15, -0.1) is 0 Å². The highest BCUT2D eigenvalue weighted by molar-refractivity contribution is 7.86. The average Bonchev–Trinajstić information content (AvgIpc) is 2.53. The molecule has 1 aromatic carbocycles. The molecule has 1 saturated heterocycles. The van der Waals surface area contributed by atoms with Gasteiger partial charge in [0, 0.05) is 25.9 Å². The molecule has 0 bridgehead atoms. The first-order valence-corrected chi connectivity index (χ1v) is 9.05. The molecule has 132 valence electrons. The van der Waals surface area contributed by atoms with Gasteiger partial charge in [-0.1, -0.05) is 0 Å². The molecule has 1 fully saturated rings. The summed E-state index contributed by atoms with van der Waals surface area (Å²) < 4.78 is 40.9. The second-order valence-corrected chi connectivity index (χ2v) is 7.55. The van der Waals surface area contributed by atoms with Crippen LogP contribution in [0, 0.1) is 0 Å². The average molecular weight is 356 g/mol. The number of methoxy groups -OCH3 is 2. The van der Waals surface area contributed by atoms with E-state index in [1.165, 1.54) is 18.5 Å². The van der Waals surface area contributed by atoms with Crippen molar-refractivity contribution in [1.82, 2.24) is 4.31 Å². The maximum absolute atomic E-state index is 12.6. The second-order valence-electron chi connectivity index (χ2n) is 6.01. The van der Waals surface area contributed by atoms with Crippen LogP contribution in [0.5, 0.6) is 17.2 Å². The third kappa shape index (κ3) is 2.83. The van der Waals surface area contributed by atoms with Crippen LogP contribution in [-0.4, -0.2) is 51.4 Å². The van der Waals surface area contributed by atoms with Crippen molar-refractivity contribution in [2.75, 3.05) is 27.3 Å². The number of ketones is 1. The number of nitrogens with two attached hydrogens (primary N) is 1. The summed E-state index contributed by atoms with van der Waals surface area (Å²) in [6.45, 7) is 0.432. The van der Waals surface area contributed by atoms with Gasteiger partial charge in [-0.3, -0.25) is 4.79 Å². The Bertz CT molecular complexity index is 768. The smallest absolute Gasteiger partial charge is 0.276 e. The summed E-state index contributed by atoms with van der Waals surface area (Å²) in [5, 5.41) is 5.17. The normalized spacial score (nSPS) is 20.4. The molecule has 2 aliphatic heterocycles. The number of carbonyl (C=O) groups is 1. The molecule has 0 atom stereocenters. The number of piperidine rings is 1. The highest BCUT2D eigenvalue weighted by Crippen LogP contribution is 2.47. The van der Waals surface area contributed by atoms with E-state index in [0.717, 1.165) is 0 Å². The minimum Gasteiger partial charge on any atom is -0.493 e. The Morgan fingerprint density at radius 3 is 2.42 bits per heavy atom. The van der Waals surface area contributed by atoms with Crippen LogP contribution in [0.15, 0.2) is 12.1 Å². The van der Waals surface area contributed by atoms with Crippen LogP contribution in [-0.2, 0) is 10.2 Å². The maximum Gasteiger partial charge on any atom is 0.276 e. The van der Waals surface area contributed by atoms with Gasteiger partial charge >= 0.3 is 0 Å². The molecule has 3 rings (SSSR count). The first kappa shape index (κ1) is 17.0. The molecule has 24 heavy (non-hydrogen) atoms. The van der Waals surface area contributed by atoms with E-state index >= 15 is 0 Å². The van der Waals surface area contributed by atoms with Gasteiger partial charge in [0.25, 0.3) is 10.2 Å². The van der Waals surface area contributed by atoms with E-state index in [9.17, 15) is 13.2 Å². The molecule has 0 saturated carbocycles. The molecule has 2 heterocycles. The number of rotatable bonds is 3. The lowest BCUT2D eigenvalue weighted by Gasteiger charge is -2.43. The fourth-order valence-electron chi connectivity index (χ4n) is 3.29. The van der Waals surface area contributed by atoms with E-state index in [1.807, 2.05) is 0 Å². The number of Topliss-reactive ketones (excluding diaryl/α,β-unsaturated/α-hetero) is 1. The minimum absolute atomic E-state index is 0.0544. The first-order chi connectivity index (χ1) is 11.3. The lowest BCUT2D eigenvalue weighted by atomic mass is 9.83. The third-order valence-corrected chi connectivity index (χ3v) is 5.68. The van der Waals surface area contributed by atoms with Crippen molar-refractivity contribution < 1.29 is 27.4 Å². The quantitative estimate of drug-likeness (QED) is 0.854. The molecule has 1 spiro atoms. The minimum atomic E-state index is -3.73. The Morgan fingerprint density at radius 2 is 1.88 bits per heavy atom. The van der Waals surface area contributed by atoms with Gasteiger partial charge in [-0.05, 0) is 12.1 Å². The van der Waals surface area contributed by atoms with E-state index in [4.69, 9.17) is 19.3 Å².